The normalized spacial score (nSPS) is 11.9. The Morgan fingerprint density at radius 3 is 2.55 bits per heavy atom. The molecule has 0 radical (unpaired) electrons. The van der Waals surface area contributed by atoms with E-state index < -0.39 is 0 Å². The van der Waals surface area contributed by atoms with Crippen LogP contribution in [-0.2, 0) is 24.2 Å². The summed E-state index contributed by atoms with van der Waals surface area (Å²) in [7, 11) is 0. The van der Waals surface area contributed by atoms with Gasteiger partial charge in [-0.15, -0.1) is 16.4 Å². The van der Waals surface area contributed by atoms with Crippen molar-refractivity contribution in [3.8, 4) is 0 Å². The van der Waals surface area contributed by atoms with E-state index in [0.29, 0.717) is 11.7 Å². The van der Waals surface area contributed by atoms with Crippen LogP contribution in [0.2, 0.25) is 0 Å². The largest absolute Gasteiger partial charge is 0.348 e. The molecule has 2 aromatic heterocycles. The maximum Gasteiger partial charge on any atom is 0.230 e. The molecule has 0 fully saturated rings. The number of hydrogen-bond donors (Lipinski definition) is 1. The number of thioether (sulfide) groups is 1. The summed E-state index contributed by atoms with van der Waals surface area (Å²) in [6, 6.07) is 24.3. The predicted octanol–water partition coefficient (Wildman–Crippen LogP) is 4.17. The number of benzene rings is 2. The second kappa shape index (κ2) is 10.9. The lowest BCUT2D eigenvalue weighted by Gasteiger charge is -2.19. The van der Waals surface area contributed by atoms with E-state index in [9.17, 15) is 4.79 Å². The lowest BCUT2D eigenvalue weighted by molar-refractivity contribution is -0.119. The Morgan fingerprint density at radius 2 is 1.81 bits per heavy atom. The van der Waals surface area contributed by atoms with Gasteiger partial charge in [-0.3, -0.25) is 4.79 Å². The highest BCUT2D eigenvalue weighted by molar-refractivity contribution is 7.99. The molecule has 2 aromatic carbocycles. The van der Waals surface area contributed by atoms with Crippen LogP contribution in [0.5, 0.6) is 0 Å². The van der Waals surface area contributed by atoms with Crippen molar-refractivity contribution < 1.29 is 4.79 Å². The maximum atomic E-state index is 12.8. The van der Waals surface area contributed by atoms with E-state index in [1.54, 1.807) is 16.0 Å². The number of carbonyl (C=O) groups is 1. The summed E-state index contributed by atoms with van der Waals surface area (Å²) in [6.45, 7) is 0.693. The number of thiophene rings is 1. The maximum absolute atomic E-state index is 12.8. The number of carbonyl (C=O) groups excluding carboxylic acids is 1. The van der Waals surface area contributed by atoms with Crippen LogP contribution in [0.4, 0.5) is 0 Å². The van der Waals surface area contributed by atoms with Gasteiger partial charge < -0.3 is 5.32 Å². The van der Waals surface area contributed by atoms with Crippen LogP contribution in [-0.4, -0.2) is 31.9 Å². The fourth-order valence-corrected chi connectivity index (χ4v) is 4.68. The van der Waals surface area contributed by atoms with Crippen LogP contribution in [0.3, 0.4) is 0 Å². The third kappa shape index (κ3) is 6.26. The number of aryl methyl sites for hydroxylation is 2. The molecule has 158 valence electrons. The van der Waals surface area contributed by atoms with Gasteiger partial charge in [-0.2, -0.15) is 0 Å². The van der Waals surface area contributed by atoms with E-state index in [1.807, 2.05) is 54.6 Å². The summed E-state index contributed by atoms with van der Waals surface area (Å²) >= 11 is 3.08. The van der Waals surface area contributed by atoms with Gasteiger partial charge in [-0.05, 0) is 39.4 Å². The van der Waals surface area contributed by atoms with Crippen LogP contribution in [0.15, 0.2) is 83.3 Å². The molecule has 4 aromatic rings. The van der Waals surface area contributed by atoms with E-state index in [2.05, 4.69) is 44.4 Å². The summed E-state index contributed by atoms with van der Waals surface area (Å²) in [5, 5.41) is 17.8. The predicted molar refractivity (Wildman–Crippen MR) is 124 cm³/mol. The highest BCUT2D eigenvalue weighted by atomic mass is 32.2. The Bertz CT molecular complexity index is 1070. The molecule has 0 aliphatic carbocycles. The van der Waals surface area contributed by atoms with Crippen LogP contribution in [0, 0.1) is 0 Å². The molecule has 1 N–H and O–H groups in total. The Balaban J connectivity index is 1.35. The number of nitrogens with one attached hydrogen (secondary N) is 1. The Hall–Kier alpha value is -2.97. The third-order valence-corrected chi connectivity index (χ3v) is 6.69. The summed E-state index contributed by atoms with van der Waals surface area (Å²) in [5.74, 6) is 0.222. The summed E-state index contributed by atoms with van der Waals surface area (Å²) in [5.41, 5.74) is 2.27. The van der Waals surface area contributed by atoms with Gasteiger partial charge in [0.05, 0.1) is 18.3 Å². The highest BCUT2D eigenvalue weighted by Gasteiger charge is 2.17. The number of amides is 1. The van der Waals surface area contributed by atoms with Gasteiger partial charge in [-0.25, -0.2) is 4.68 Å². The van der Waals surface area contributed by atoms with Crippen LogP contribution in [0.1, 0.15) is 22.0 Å². The number of nitrogens with zero attached hydrogens (tertiary/aromatic N) is 4. The number of tetrazole rings is 1. The SMILES string of the molecule is O=C(CSc1nnnn1CCc1cccs1)N[C@H](Cc1ccccc1)c1ccccc1. The smallest absolute Gasteiger partial charge is 0.230 e. The monoisotopic (exact) mass is 449 g/mol. The molecule has 0 saturated heterocycles. The Kier molecular flexibility index (Phi) is 7.46. The van der Waals surface area contributed by atoms with Crippen LogP contribution >= 0.6 is 23.1 Å². The zero-order valence-electron chi connectivity index (χ0n) is 16.9. The minimum Gasteiger partial charge on any atom is -0.348 e. The molecule has 0 unspecified atom stereocenters. The topological polar surface area (TPSA) is 72.7 Å². The summed E-state index contributed by atoms with van der Waals surface area (Å²) in [4.78, 5) is 14.0. The lowest BCUT2D eigenvalue weighted by atomic mass is 9.99. The van der Waals surface area contributed by atoms with Crippen molar-refractivity contribution in [2.45, 2.75) is 30.6 Å². The first-order valence-corrected chi connectivity index (χ1v) is 11.9. The van der Waals surface area contributed by atoms with Gasteiger partial charge in [0.15, 0.2) is 0 Å². The van der Waals surface area contributed by atoms with Crippen molar-refractivity contribution in [2.75, 3.05) is 5.75 Å². The summed E-state index contributed by atoms with van der Waals surface area (Å²) < 4.78 is 1.76. The first kappa shape index (κ1) is 21.3. The zero-order chi connectivity index (χ0) is 21.3. The molecular weight excluding hydrogens is 426 g/mol. The van der Waals surface area contributed by atoms with Crippen molar-refractivity contribution in [3.05, 3.63) is 94.2 Å². The van der Waals surface area contributed by atoms with Gasteiger partial charge in [-0.1, -0.05) is 78.5 Å². The third-order valence-electron chi connectivity index (χ3n) is 4.80. The molecule has 0 spiro atoms. The fraction of sp³-hybridized carbons (Fsp3) is 0.217. The van der Waals surface area contributed by atoms with Crippen molar-refractivity contribution in [2.24, 2.45) is 0 Å². The Labute approximate surface area is 189 Å². The number of hydrogen-bond acceptors (Lipinski definition) is 6. The summed E-state index contributed by atoms with van der Waals surface area (Å²) in [6.07, 6.45) is 1.61. The quantitative estimate of drug-likeness (QED) is 0.368. The molecule has 0 saturated carbocycles. The number of rotatable bonds is 10. The van der Waals surface area contributed by atoms with Crippen molar-refractivity contribution >= 4 is 29.0 Å². The first-order chi connectivity index (χ1) is 15.3. The second-order valence-corrected chi connectivity index (χ2v) is 9.00. The zero-order valence-corrected chi connectivity index (χ0v) is 18.6. The average Bonchev–Trinajstić information content (AvgIpc) is 3.49. The van der Waals surface area contributed by atoms with Gasteiger partial charge in [0.2, 0.25) is 11.1 Å². The average molecular weight is 450 g/mol. The minimum atomic E-state index is -0.0912. The molecule has 0 bridgehead atoms. The van der Waals surface area contributed by atoms with Crippen molar-refractivity contribution in [1.29, 1.82) is 0 Å². The standard InChI is InChI=1S/C23H23N5OS2/c29-22(17-31-23-25-26-27-28(23)14-13-20-12-7-15-30-20)24-21(19-10-5-2-6-11-19)16-18-8-3-1-4-9-18/h1-12,15,21H,13-14,16-17H2,(H,24,29)/t21-/m1/s1. The van der Waals surface area contributed by atoms with Gasteiger partial charge in [0.25, 0.3) is 0 Å². The molecule has 2 heterocycles. The van der Waals surface area contributed by atoms with Gasteiger partial charge in [0.1, 0.15) is 0 Å². The first-order valence-electron chi connectivity index (χ1n) is 10.1. The molecule has 31 heavy (non-hydrogen) atoms. The molecule has 1 amide bonds. The van der Waals surface area contributed by atoms with E-state index in [-0.39, 0.29) is 17.7 Å². The van der Waals surface area contributed by atoms with Crippen molar-refractivity contribution in [3.63, 3.8) is 0 Å². The second-order valence-electron chi connectivity index (χ2n) is 7.02. The van der Waals surface area contributed by atoms with Gasteiger partial charge >= 0.3 is 0 Å². The molecular formula is C23H23N5OS2. The fourth-order valence-electron chi connectivity index (χ4n) is 3.26. The van der Waals surface area contributed by atoms with Gasteiger partial charge in [0, 0.05) is 11.3 Å². The van der Waals surface area contributed by atoms with E-state index in [0.717, 1.165) is 18.4 Å². The van der Waals surface area contributed by atoms with E-state index in [4.69, 9.17) is 0 Å². The highest BCUT2D eigenvalue weighted by Crippen LogP contribution is 2.20. The van der Waals surface area contributed by atoms with E-state index in [1.165, 1.54) is 22.2 Å². The minimum absolute atomic E-state index is 0.0393. The molecule has 8 heteroatoms. The van der Waals surface area contributed by atoms with Crippen LogP contribution in [0.25, 0.3) is 0 Å². The van der Waals surface area contributed by atoms with E-state index >= 15 is 0 Å². The molecule has 4 rings (SSSR count). The number of aromatic nitrogens is 4. The molecule has 6 nitrogen and oxygen atoms in total. The van der Waals surface area contributed by atoms with Crippen molar-refractivity contribution in [1.82, 2.24) is 25.5 Å². The Morgan fingerprint density at radius 1 is 1.03 bits per heavy atom. The molecule has 0 aliphatic rings. The van der Waals surface area contributed by atoms with Crippen LogP contribution < -0.4 is 5.32 Å². The molecule has 0 aliphatic heterocycles. The molecule has 1 atom stereocenters. The lowest BCUT2D eigenvalue weighted by Crippen LogP contribution is -2.31.